The molecule has 0 atom stereocenters. The molecule has 0 fully saturated rings. The number of nitro groups is 1. The number of rotatable bonds is 7. The Bertz CT molecular complexity index is 599. The topological polar surface area (TPSA) is 55.2 Å². The van der Waals surface area contributed by atoms with Gasteiger partial charge in [-0.05, 0) is 29.8 Å². The molecule has 0 saturated heterocycles. The summed E-state index contributed by atoms with van der Waals surface area (Å²) in [7, 11) is 0. The van der Waals surface area contributed by atoms with E-state index >= 15 is 0 Å². The molecule has 1 N–H and O–H groups in total. The van der Waals surface area contributed by atoms with Crippen LogP contribution in [0.15, 0.2) is 53.4 Å². The molecule has 0 heterocycles. The lowest BCUT2D eigenvalue weighted by molar-refractivity contribution is -0.384. The minimum Gasteiger partial charge on any atom is -0.313 e. The molecule has 2 aromatic carbocycles. The van der Waals surface area contributed by atoms with Crippen molar-refractivity contribution >= 4 is 17.4 Å². The van der Waals surface area contributed by atoms with E-state index < -0.39 is 0 Å². The van der Waals surface area contributed by atoms with Gasteiger partial charge in [0.05, 0.1) is 4.92 Å². The van der Waals surface area contributed by atoms with Crippen molar-refractivity contribution in [1.29, 1.82) is 0 Å². The van der Waals surface area contributed by atoms with Crippen molar-refractivity contribution in [2.75, 3.05) is 6.54 Å². The molecule has 21 heavy (non-hydrogen) atoms. The molecule has 0 unspecified atom stereocenters. The van der Waals surface area contributed by atoms with Crippen LogP contribution in [-0.4, -0.2) is 11.5 Å². The molecule has 0 aliphatic heterocycles. The first-order valence-corrected chi connectivity index (χ1v) is 7.83. The summed E-state index contributed by atoms with van der Waals surface area (Å²) in [5.74, 6) is 0.808. The van der Waals surface area contributed by atoms with Crippen LogP contribution in [0, 0.1) is 10.1 Å². The summed E-state index contributed by atoms with van der Waals surface area (Å²) in [5, 5.41) is 13.9. The van der Waals surface area contributed by atoms with Gasteiger partial charge < -0.3 is 5.32 Å². The highest BCUT2D eigenvalue weighted by molar-refractivity contribution is 7.98. The van der Waals surface area contributed by atoms with Crippen LogP contribution < -0.4 is 5.32 Å². The molecule has 110 valence electrons. The van der Waals surface area contributed by atoms with Crippen molar-refractivity contribution in [3.05, 3.63) is 69.8 Å². The lowest BCUT2D eigenvalue weighted by Crippen LogP contribution is -2.11. The van der Waals surface area contributed by atoms with E-state index in [9.17, 15) is 10.1 Å². The Morgan fingerprint density at radius 2 is 1.90 bits per heavy atom. The van der Waals surface area contributed by atoms with Gasteiger partial charge in [-0.15, -0.1) is 11.8 Å². The minimum absolute atomic E-state index is 0.136. The third kappa shape index (κ3) is 4.88. The molecule has 0 amide bonds. The highest BCUT2D eigenvalue weighted by atomic mass is 32.2. The maximum absolute atomic E-state index is 10.6. The largest absolute Gasteiger partial charge is 0.313 e. The quantitative estimate of drug-likeness (QED) is 0.477. The smallest absolute Gasteiger partial charge is 0.269 e. The standard InChI is InChI=1S/C16H18N2O2S/c1-2-17-11-14-4-3-5-16(10-14)21-12-13-6-8-15(9-7-13)18(19)20/h3-10,17H,2,11-12H2,1H3. The van der Waals surface area contributed by atoms with E-state index in [-0.39, 0.29) is 10.6 Å². The second kappa shape index (κ2) is 7.81. The van der Waals surface area contributed by atoms with E-state index in [0.29, 0.717) is 0 Å². The fraction of sp³-hybridized carbons (Fsp3) is 0.250. The predicted molar refractivity (Wildman–Crippen MR) is 86.5 cm³/mol. The van der Waals surface area contributed by atoms with E-state index in [4.69, 9.17) is 0 Å². The first-order valence-electron chi connectivity index (χ1n) is 6.85. The summed E-state index contributed by atoms with van der Waals surface area (Å²) in [5.41, 5.74) is 2.49. The number of thioether (sulfide) groups is 1. The maximum Gasteiger partial charge on any atom is 0.269 e. The van der Waals surface area contributed by atoms with Crippen LogP contribution in [0.5, 0.6) is 0 Å². The SMILES string of the molecule is CCNCc1cccc(SCc2ccc([N+](=O)[O-])cc2)c1. The number of hydrogen-bond acceptors (Lipinski definition) is 4. The van der Waals surface area contributed by atoms with Gasteiger partial charge in [-0.1, -0.05) is 31.2 Å². The predicted octanol–water partition coefficient (Wildman–Crippen LogP) is 4.00. The summed E-state index contributed by atoms with van der Waals surface area (Å²) < 4.78 is 0. The second-order valence-corrected chi connectivity index (χ2v) is 5.69. The lowest BCUT2D eigenvalue weighted by atomic mass is 10.2. The first-order chi connectivity index (χ1) is 10.2. The van der Waals surface area contributed by atoms with Crippen LogP contribution in [0.1, 0.15) is 18.1 Å². The number of non-ortho nitro benzene ring substituents is 1. The molecule has 2 aromatic rings. The number of nitrogens with one attached hydrogen (secondary N) is 1. The third-order valence-electron chi connectivity index (χ3n) is 3.03. The molecule has 5 heteroatoms. The Balaban J connectivity index is 1.94. The Hall–Kier alpha value is -1.85. The normalized spacial score (nSPS) is 10.5. The van der Waals surface area contributed by atoms with Crippen LogP contribution in [-0.2, 0) is 12.3 Å². The van der Waals surface area contributed by atoms with E-state index in [1.54, 1.807) is 23.9 Å². The fourth-order valence-electron chi connectivity index (χ4n) is 1.90. The van der Waals surface area contributed by atoms with Gasteiger partial charge in [-0.25, -0.2) is 0 Å². The molecule has 2 rings (SSSR count). The monoisotopic (exact) mass is 302 g/mol. The van der Waals surface area contributed by atoms with Gasteiger partial charge in [0.25, 0.3) is 5.69 Å². The van der Waals surface area contributed by atoms with Crippen LogP contribution in [0.25, 0.3) is 0 Å². The van der Waals surface area contributed by atoms with Crippen molar-refractivity contribution in [2.45, 2.75) is 24.1 Å². The van der Waals surface area contributed by atoms with Crippen LogP contribution in [0.4, 0.5) is 5.69 Å². The van der Waals surface area contributed by atoms with Crippen molar-refractivity contribution in [3.8, 4) is 0 Å². The Morgan fingerprint density at radius 3 is 2.57 bits per heavy atom. The van der Waals surface area contributed by atoms with Gasteiger partial charge >= 0.3 is 0 Å². The van der Waals surface area contributed by atoms with Crippen LogP contribution in [0.3, 0.4) is 0 Å². The highest BCUT2D eigenvalue weighted by Gasteiger charge is 2.04. The lowest BCUT2D eigenvalue weighted by Gasteiger charge is -2.06. The fourth-order valence-corrected chi connectivity index (χ4v) is 2.83. The summed E-state index contributed by atoms with van der Waals surface area (Å²) in [4.78, 5) is 11.4. The van der Waals surface area contributed by atoms with Gasteiger partial charge in [-0.3, -0.25) is 10.1 Å². The molecule has 0 aromatic heterocycles. The molecule has 4 nitrogen and oxygen atoms in total. The van der Waals surface area contributed by atoms with E-state index in [2.05, 4.69) is 36.5 Å². The van der Waals surface area contributed by atoms with Crippen LogP contribution in [0.2, 0.25) is 0 Å². The average Bonchev–Trinajstić information content (AvgIpc) is 2.52. The average molecular weight is 302 g/mol. The number of nitro benzene ring substituents is 1. The Kier molecular flexibility index (Phi) is 5.78. The Morgan fingerprint density at radius 1 is 1.14 bits per heavy atom. The van der Waals surface area contributed by atoms with Gasteiger partial charge in [0.2, 0.25) is 0 Å². The first kappa shape index (κ1) is 15.5. The maximum atomic E-state index is 10.6. The van der Waals surface area contributed by atoms with Crippen molar-refractivity contribution < 1.29 is 4.92 Å². The third-order valence-corrected chi connectivity index (χ3v) is 4.10. The zero-order chi connectivity index (χ0) is 15.1. The van der Waals surface area contributed by atoms with Gasteiger partial charge in [0.1, 0.15) is 0 Å². The van der Waals surface area contributed by atoms with Crippen LogP contribution >= 0.6 is 11.8 Å². The Labute approximate surface area is 128 Å². The van der Waals surface area contributed by atoms with Crippen molar-refractivity contribution in [3.63, 3.8) is 0 Å². The second-order valence-electron chi connectivity index (χ2n) is 4.64. The summed E-state index contributed by atoms with van der Waals surface area (Å²) in [6.07, 6.45) is 0. The zero-order valence-electron chi connectivity index (χ0n) is 11.9. The molecule has 0 bridgehead atoms. The van der Waals surface area contributed by atoms with E-state index in [1.807, 2.05) is 12.1 Å². The number of benzene rings is 2. The summed E-state index contributed by atoms with van der Waals surface area (Å²) in [6.45, 7) is 3.93. The summed E-state index contributed by atoms with van der Waals surface area (Å²) >= 11 is 1.74. The molecule has 0 saturated carbocycles. The molecule has 0 spiro atoms. The number of nitrogens with zero attached hydrogens (tertiary/aromatic N) is 1. The van der Waals surface area contributed by atoms with Gasteiger partial charge in [0, 0.05) is 29.3 Å². The molecular weight excluding hydrogens is 284 g/mol. The zero-order valence-corrected chi connectivity index (χ0v) is 12.7. The van der Waals surface area contributed by atoms with E-state index in [0.717, 1.165) is 24.4 Å². The number of hydrogen-bond donors (Lipinski definition) is 1. The summed E-state index contributed by atoms with van der Waals surface area (Å²) in [6, 6.07) is 15.2. The molecule has 0 radical (unpaired) electrons. The van der Waals surface area contributed by atoms with Gasteiger partial charge in [0.15, 0.2) is 0 Å². The van der Waals surface area contributed by atoms with Crippen molar-refractivity contribution in [2.24, 2.45) is 0 Å². The van der Waals surface area contributed by atoms with Crippen molar-refractivity contribution in [1.82, 2.24) is 5.32 Å². The highest BCUT2D eigenvalue weighted by Crippen LogP contribution is 2.24. The molecule has 0 aliphatic carbocycles. The molecular formula is C16H18N2O2S. The van der Waals surface area contributed by atoms with E-state index in [1.165, 1.54) is 10.5 Å². The van der Waals surface area contributed by atoms with Gasteiger partial charge in [-0.2, -0.15) is 0 Å². The minimum atomic E-state index is -0.374. The molecule has 0 aliphatic rings.